The predicted octanol–water partition coefficient (Wildman–Crippen LogP) is 2.45. The van der Waals surface area contributed by atoms with Gasteiger partial charge >= 0.3 is 0 Å². The maximum Gasteiger partial charge on any atom is 0.243 e. The normalized spacial score (nSPS) is 14.4. The third-order valence-electron chi connectivity index (χ3n) is 4.93. The van der Waals surface area contributed by atoms with Crippen molar-refractivity contribution in [3.63, 3.8) is 0 Å². The maximum absolute atomic E-state index is 13.7. The molecule has 2 N–H and O–H groups in total. The molecule has 31 heavy (non-hydrogen) atoms. The Kier molecular flexibility index (Phi) is 7.22. The lowest BCUT2D eigenvalue weighted by Gasteiger charge is -2.37. The van der Waals surface area contributed by atoms with Gasteiger partial charge in [-0.1, -0.05) is 6.07 Å². The summed E-state index contributed by atoms with van der Waals surface area (Å²) in [4.78, 5) is 20.5. The lowest BCUT2D eigenvalue weighted by Crippen LogP contribution is -2.53. The van der Waals surface area contributed by atoms with Gasteiger partial charge in [0.1, 0.15) is 5.75 Å². The second kappa shape index (κ2) is 10.1. The molecule has 1 saturated heterocycles. The molecule has 2 aromatic rings. The average molecular weight is 435 g/mol. The predicted molar refractivity (Wildman–Crippen MR) is 113 cm³/mol. The number of methoxy groups -OCH3 is 1. The van der Waals surface area contributed by atoms with E-state index in [-0.39, 0.29) is 6.54 Å². The number of amides is 1. The van der Waals surface area contributed by atoms with E-state index in [0.29, 0.717) is 19.0 Å². The Labute approximate surface area is 178 Å². The van der Waals surface area contributed by atoms with Crippen molar-refractivity contribution in [2.24, 2.45) is 4.99 Å². The number of rotatable bonds is 5. The van der Waals surface area contributed by atoms with Crippen LogP contribution in [0.4, 0.5) is 24.5 Å². The number of hydrogen-bond donors (Lipinski definition) is 2. The fourth-order valence-electron chi connectivity index (χ4n) is 3.29. The van der Waals surface area contributed by atoms with Crippen molar-refractivity contribution in [3.8, 4) is 5.75 Å². The monoisotopic (exact) mass is 435 g/mol. The molecule has 1 aliphatic heterocycles. The Hall–Kier alpha value is -3.43. The van der Waals surface area contributed by atoms with Gasteiger partial charge in [0.15, 0.2) is 23.4 Å². The molecule has 2 aromatic carbocycles. The minimum Gasteiger partial charge on any atom is -0.497 e. The summed E-state index contributed by atoms with van der Waals surface area (Å²) in [7, 11) is 3.23. The number of nitrogens with zero attached hydrogens (tertiary/aromatic N) is 3. The molecule has 0 saturated carbocycles. The van der Waals surface area contributed by atoms with Crippen molar-refractivity contribution >= 4 is 23.2 Å². The maximum atomic E-state index is 13.7. The van der Waals surface area contributed by atoms with E-state index < -0.39 is 29.0 Å². The number of benzene rings is 2. The third-order valence-corrected chi connectivity index (χ3v) is 4.93. The van der Waals surface area contributed by atoms with Crippen LogP contribution in [-0.2, 0) is 4.79 Å². The SMILES string of the molecule is CN=C(NCC(=O)Nc1ccc(F)c(F)c1F)N1CCN(c2cccc(OC)c2)CC1. The second-order valence-electron chi connectivity index (χ2n) is 6.85. The number of piperazine rings is 1. The zero-order valence-electron chi connectivity index (χ0n) is 17.3. The molecular weight excluding hydrogens is 411 g/mol. The summed E-state index contributed by atoms with van der Waals surface area (Å²) in [6.07, 6.45) is 0. The molecule has 1 amide bonds. The van der Waals surface area contributed by atoms with Crippen LogP contribution >= 0.6 is 0 Å². The van der Waals surface area contributed by atoms with Gasteiger partial charge < -0.3 is 25.2 Å². The molecule has 0 atom stereocenters. The molecule has 3 rings (SSSR count). The summed E-state index contributed by atoms with van der Waals surface area (Å²) in [5.41, 5.74) is 0.641. The Bertz CT molecular complexity index is 962. The van der Waals surface area contributed by atoms with Crippen LogP contribution in [0, 0.1) is 17.5 Å². The van der Waals surface area contributed by atoms with Gasteiger partial charge in [-0.05, 0) is 24.3 Å². The molecule has 0 spiro atoms. The average Bonchev–Trinajstić information content (AvgIpc) is 2.80. The third kappa shape index (κ3) is 5.39. The van der Waals surface area contributed by atoms with Crippen LogP contribution in [0.2, 0.25) is 0 Å². The smallest absolute Gasteiger partial charge is 0.243 e. The lowest BCUT2D eigenvalue weighted by molar-refractivity contribution is -0.115. The van der Waals surface area contributed by atoms with Crippen LogP contribution in [0.3, 0.4) is 0 Å². The topological polar surface area (TPSA) is 69.2 Å². The highest BCUT2D eigenvalue weighted by Crippen LogP contribution is 2.22. The quantitative estimate of drug-likeness (QED) is 0.429. The van der Waals surface area contributed by atoms with E-state index in [4.69, 9.17) is 4.74 Å². The number of carbonyl (C=O) groups is 1. The summed E-state index contributed by atoms with van der Waals surface area (Å²) in [6, 6.07) is 9.55. The number of hydrogen-bond acceptors (Lipinski definition) is 4. The van der Waals surface area contributed by atoms with Crippen LogP contribution in [0.25, 0.3) is 0 Å². The molecule has 0 radical (unpaired) electrons. The second-order valence-corrected chi connectivity index (χ2v) is 6.85. The lowest BCUT2D eigenvalue weighted by atomic mass is 10.2. The summed E-state index contributed by atoms with van der Waals surface area (Å²) >= 11 is 0. The standard InChI is InChI=1S/C21H24F3N5O2/c1-25-21(26-13-18(30)27-17-7-6-16(22)19(23)20(17)24)29-10-8-28(9-11-29)14-4-3-5-15(12-14)31-2/h3-7,12H,8-11,13H2,1-2H3,(H,25,26)(H,27,30). The summed E-state index contributed by atoms with van der Waals surface area (Å²) < 4.78 is 45.3. The first-order valence-electron chi connectivity index (χ1n) is 9.71. The van der Waals surface area contributed by atoms with Gasteiger partial charge in [0.2, 0.25) is 5.91 Å². The Morgan fingerprint density at radius 2 is 1.84 bits per heavy atom. The zero-order valence-corrected chi connectivity index (χ0v) is 17.3. The first kappa shape index (κ1) is 22.3. The molecule has 0 aliphatic carbocycles. The molecule has 0 bridgehead atoms. The molecular formula is C21H24F3N5O2. The molecule has 1 fully saturated rings. The van der Waals surface area contributed by atoms with Gasteiger partial charge in [0, 0.05) is 45.0 Å². The van der Waals surface area contributed by atoms with Crippen molar-refractivity contribution in [2.45, 2.75) is 0 Å². The minimum atomic E-state index is -1.63. The van der Waals surface area contributed by atoms with Crippen LogP contribution < -0.4 is 20.3 Å². The number of anilines is 2. The van der Waals surface area contributed by atoms with Crippen LogP contribution in [0.5, 0.6) is 5.75 Å². The highest BCUT2D eigenvalue weighted by atomic mass is 19.2. The van der Waals surface area contributed by atoms with Crippen molar-refractivity contribution in [1.29, 1.82) is 0 Å². The molecule has 0 unspecified atom stereocenters. The zero-order chi connectivity index (χ0) is 22.4. The number of aliphatic imine (C=N–C) groups is 1. The molecule has 10 heteroatoms. The van der Waals surface area contributed by atoms with Gasteiger partial charge in [-0.2, -0.15) is 0 Å². The largest absolute Gasteiger partial charge is 0.497 e. The van der Waals surface area contributed by atoms with E-state index in [1.807, 2.05) is 29.2 Å². The van der Waals surface area contributed by atoms with E-state index in [1.165, 1.54) is 0 Å². The first-order valence-corrected chi connectivity index (χ1v) is 9.71. The number of guanidine groups is 1. The first-order chi connectivity index (χ1) is 14.9. The fraction of sp³-hybridized carbons (Fsp3) is 0.333. The van der Waals surface area contributed by atoms with Crippen molar-refractivity contribution in [1.82, 2.24) is 10.2 Å². The highest BCUT2D eigenvalue weighted by Gasteiger charge is 2.21. The summed E-state index contributed by atoms with van der Waals surface area (Å²) in [6.45, 7) is 2.65. The molecule has 0 aromatic heterocycles. The summed E-state index contributed by atoms with van der Waals surface area (Å²) in [5.74, 6) is -3.68. The number of nitrogens with one attached hydrogen (secondary N) is 2. The van der Waals surface area contributed by atoms with Crippen molar-refractivity contribution in [3.05, 3.63) is 53.8 Å². The van der Waals surface area contributed by atoms with E-state index in [2.05, 4.69) is 20.5 Å². The van der Waals surface area contributed by atoms with Crippen molar-refractivity contribution < 1.29 is 22.7 Å². The minimum absolute atomic E-state index is 0.207. The number of ether oxygens (including phenoxy) is 1. The molecule has 1 heterocycles. The fourth-order valence-corrected chi connectivity index (χ4v) is 3.29. The Morgan fingerprint density at radius 1 is 1.10 bits per heavy atom. The Balaban J connectivity index is 1.52. The van der Waals surface area contributed by atoms with E-state index in [0.717, 1.165) is 36.7 Å². The summed E-state index contributed by atoms with van der Waals surface area (Å²) in [5, 5.41) is 5.14. The van der Waals surface area contributed by atoms with Crippen molar-refractivity contribution in [2.75, 3.05) is 57.1 Å². The van der Waals surface area contributed by atoms with Gasteiger partial charge in [0.25, 0.3) is 0 Å². The Morgan fingerprint density at radius 3 is 2.52 bits per heavy atom. The van der Waals surface area contributed by atoms with Crippen LogP contribution in [0.1, 0.15) is 0 Å². The van der Waals surface area contributed by atoms with Gasteiger partial charge in [-0.25, -0.2) is 13.2 Å². The molecule has 166 valence electrons. The van der Waals surface area contributed by atoms with Crippen LogP contribution in [-0.4, -0.2) is 63.6 Å². The molecule has 7 nitrogen and oxygen atoms in total. The van der Waals surface area contributed by atoms with E-state index in [1.54, 1.807) is 14.2 Å². The molecule has 1 aliphatic rings. The number of carbonyl (C=O) groups excluding carboxylic acids is 1. The van der Waals surface area contributed by atoms with Gasteiger partial charge in [-0.3, -0.25) is 9.79 Å². The van der Waals surface area contributed by atoms with Gasteiger partial charge in [-0.15, -0.1) is 0 Å². The highest BCUT2D eigenvalue weighted by molar-refractivity contribution is 5.95. The number of halogens is 3. The van der Waals surface area contributed by atoms with E-state index in [9.17, 15) is 18.0 Å². The van der Waals surface area contributed by atoms with E-state index >= 15 is 0 Å². The van der Waals surface area contributed by atoms with Crippen LogP contribution in [0.15, 0.2) is 41.4 Å². The van der Waals surface area contributed by atoms with Gasteiger partial charge in [0.05, 0.1) is 19.3 Å².